The first-order chi connectivity index (χ1) is 8.33. The molecular weight excluding hydrogens is 216 g/mol. The molecule has 0 saturated heterocycles. The molecule has 2 rings (SSSR count). The van der Waals surface area contributed by atoms with Crippen molar-refractivity contribution in [3.63, 3.8) is 0 Å². The number of hydrazone groups is 2. The highest BCUT2D eigenvalue weighted by molar-refractivity contribution is 5.91. The first-order valence-electron chi connectivity index (χ1n) is 5.33. The van der Waals surface area contributed by atoms with Crippen molar-refractivity contribution in [2.45, 2.75) is 13.8 Å². The molecule has 1 heterocycles. The van der Waals surface area contributed by atoms with Gasteiger partial charge in [-0.05, 0) is 17.7 Å². The molecule has 0 amide bonds. The van der Waals surface area contributed by atoms with E-state index in [4.69, 9.17) is 16.1 Å². The van der Waals surface area contributed by atoms with E-state index in [1.807, 2.05) is 38.1 Å². The number of furan rings is 1. The largest absolute Gasteiger partial charge is 0.455 e. The third kappa shape index (κ3) is 3.07. The summed E-state index contributed by atoms with van der Waals surface area (Å²) in [5, 5.41) is 7.82. The molecule has 0 radical (unpaired) electrons. The first-order valence-corrected chi connectivity index (χ1v) is 5.33. The Morgan fingerprint density at radius 2 is 1.76 bits per heavy atom. The average Bonchev–Trinajstić information content (AvgIpc) is 2.74. The fraction of sp³-hybridized carbons (Fsp3) is 0.167. The molecule has 90 valence electrons. The second kappa shape index (κ2) is 6.32. The Morgan fingerprint density at radius 1 is 1.06 bits per heavy atom. The van der Waals surface area contributed by atoms with Gasteiger partial charge in [-0.1, -0.05) is 26.0 Å². The number of nitrogens with zero attached hydrogens (tertiary/aromatic N) is 2. The van der Waals surface area contributed by atoms with E-state index >= 15 is 0 Å². The SMILES string of the molecule is CC.NN=Cc1ccc2cc(/C=N\N)oc2c1. The number of hydrogen-bond donors (Lipinski definition) is 2. The molecule has 5 heteroatoms. The molecule has 0 unspecified atom stereocenters. The lowest BCUT2D eigenvalue weighted by atomic mass is 10.2. The van der Waals surface area contributed by atoms with Crippen molar-refractivity contribution in [2.24, 2.45) is 21.9 Å². The van der Waals surface area contributed by atoms with Crippen LogP contribution in [0, 0.1) is 0 Å². The van der Waals surface area contributed by atoms with E-state index in [-0.39, 0.29) is 0 Å². The smallest absolute Gasteiger partial charge is 0.148 e. The van der Waals surface area contributed by atoms with E-state index in [0.29, 0.717) is 5.76 Å². The predicted molar refractivity (Wildman–Crippen MR) is 71.1 cm³/mol. The minimum absolute atomic E-state index is 0.620. The van der Waals surface area contributed by atoms with Gasteiger partial charge in [-0.2, -0.15) is 10.2 Å². The Bertz CT molecular complexity index is 518. The molecule has 0 atom stereocenters. The minimum atomic E-state index is 0.620. The first kappa shape index (κ1) is 12.8. The zero-order valence-electron chi connectivity index (χ0n) is 9.92. The Labute approximate surface area is 99.8 Å². The molecule has 17 heavy (non-hydrogen) atoms. The lowest BCUT2D eigenvalue weighted by molar-refractivity contribution is 0.607. The van der Waals surface area contributed by atoms with Crippen molar-refractivity contribution in [3.8, 4) is 0 Å². The van der Waals surface area contributed by atoms with Gasteiger partial charge in [-0.25, -0.2) is 0 Å². The maximum absolute atomic E-state index is 5.46. The van der Waals surface area contributed by atoms with Gasteiger partial charge in [0.05, 0.1) is 12.4 Å². The van der Waals surface area contributed by atoms with Gasteiger partial charge in [0.2, 0.25) is 0 Å². The summed E-state index contributed by atoms with van der Waals surface area (Å²) in [5.41, 5.74) is 1.64. The van der Waals surface area contributed by atoms with Gasteiger partial charge in [-0.3, -0.25) is 0 Å². The quantitative estimate of drug-likeness (QED) is 0.471. The van der Waals surface area contributed by atoms with Crippen LogP contribution in [-0.4, -0.2) is 12.4 Å². The van der Waals surface area contributed by atoms with Crippen LogP contribution in [0.4, 0.5) is 0 Å². The zero-order valence-corrected chi connectivity index (χ0v) is 9.92. The fourth-order valence-corrected chi connectivity index (χ4v) is 1.37. The van der Waals surface area contributed by atoms with Crippen molar-refractivity contribution < 1.29 is 4.42 Å². The molecule has 0 aliphatic heterocycles. The molecular formula is C12H16N4O. The van der Waals surface area contributed by atoms with E-state index in [2.05, 4.69) is 10.2 Å². The summed E-state index contributed by atoms with van der Waals surface area (Å²) in [4.78, 5) is 0. The molecule has 4 N–H and O–H groups in total. The van der Waals surface area contributed by atoms with Crippen LogP contribution in [0.2, 0.25) is 0 Å². The van der Waals surface area contributed by atoms with Crippen LogP contribution >= 0.6 is 0 Å². The number of benzene rings is 1. The number of nitrogens with two attached hydrogens (primary N) is 2. The topological polar surface area (TPSA) is 89.9 Å². The zero-order chi connectivity index (χ0) is 12.7. The molecule has 5 nitrogen and oxygen atoms in total. The Balaban J connectivity index is 0.000000686. The highest BCUT2D eigenvalue weighted by atomic mass is 16.3. The van der Waals surface area contributed by atoms with Crippen molar-refractivity contribution in [2.75, 3.05) is 0 Å². The van der Waals surface area contributed by atoms with Crippen LogP contribution in [0.3, 0.4) is 0 Å². The summed E-state index contributed by atoms with van der Waals surface area (Å²) >= 11 is 0. The Hall–Kier alpha value is -2.30. The van der Waals surface area contributed by atoms with E-state index in [1.165, 1.54) is 6.21 Å². The number of hydrogen-bond acceptors (Lipinski definition) is 5. The number of fused-ring (bicyclic) bond motifs is 1. The highest BCUT2D eigenvalue weighted by Gasteiger charge is 2.01. The molecule has 0 bridgehead atoms. The van der Waals surface area contributed by atoms with Crippen LogP contribution in [-0.2, 0) is 0 Å². The third-order valence-corrected chi connectivity index (χ3v) is 1.99. The van der Waals surface area contributed by atoms with Crippen molar-refractivity contribution >= 4 is 23.4 Å². The average molecular weight is 232 g/mol. The Morgan fingerprint density at radius 3 is 2.41 bits per heavy atom. The van der Waals surface area contributed by atoms with Crippen LogP contribution < -0.4 is 11.7 Å². The van der Waals surface area contributed by atoms with E-state index < -0.39 is 0 Å². The molecule has 0 spiro atoms. The second-order valence-electron chi connectivity index (χ2n) is 3.00. The van der Waals surface area contributed by atoms with Gasteiger partial charge in [-0.15, -0.1) is 0 Å². The van der Waals surface area contributed by atoms with Gasteiger partial charge >= 0.3 is 0 Å². The summed E-state index contributed by atoms with van der Waals surface area (Å²) in [6.07, 6.45) is 3.01. The standard InChI is InChI=1S/C10H10N4O.C2H6/c11-13-5-7-1-2-8-4-9(6-14-12)15-10(8)3-7;1-2/h1-6H,11-12H2;1-2H3/b13-5?,14-6-;. The van der Waals surface area contributed by atoms with E-state index in [9.17, 15) is 0 Å². The van der Waals surface area contributed by atoms with Crippen LogP contribution in [0.25, 0.3) is 11.0 Å². The van der Waals surface area contributed by atoms with E-state index in [1.54, 1.807) is 6.21 Å². The molecule has 0 saturated carbocycles. The van der Waals surface area contributed by atoms with Gasteiger partial charge in [0, 0.05) is 5.39 Å². The maximum Gasteiger partial charge on any atom is 0.148 e. The van der Waals surface area contributed by atoms with Gasteiger partial charge in [0.15, 0.2) is 0 Å². The molecule has 0 fully saturated rings. The number of rotatable bonds is 2. The van der Waals surface area contributed by atoms with Crippen molar-refractivity contribution in [3.05, 3.63) is 35.6 Å². The van der Waals surface area contributed by atoms with Crippen molar-refractivity contribution in [1.29, 1.82) is 0 Å². The molecule has 0 aliphatic carbocycles. The summed E-state index contributed by atoms with van der Waals surface area (Å²) < 4.78 is 5.46. The molecule has 0 aliphatic rings. The van der Waals surface area contributed by atoms with Crippen LogP contribution in [0.15, 0.2) is 38.9 Å². The maximum atomic E-state index is 5.46. The monoisotopic (exact) mass is 232 g/mol. The van der Waals surface area contributed by atoms with E-state index in [0.717, 1.165) is 16.5 Å². The van der Waals surface area contributed by atoms with Crippen LogP contribution in [0.5, 0.6) is 0 Å². The summed E-state index contributed by atoms with van der Waals surface area (Å²) in [7, 11) is 0. The normalized spacial score (nSPS) is 10.9. The fourth-order valence-electron chi connectivity index (χ4n) is 1.37. The summed E-state index contributed by atoms with van der Waals surface area (Å²) in [6.45, 7) is 4.00. The predicted octanol–water partition coefficient (Wildman–Crippen LogP) is 2.04. The van der Waals surface area contributed by atoms with Crippen LogP contribution in [0.1, 0.15) is 25.2 Å². The molecule has 2 aromatic rings. The Kier molecular flexibility index (Phi) is 4.75. The van der Waals surface area contributed by atoms with Gasteiger partial charge in [0.1, 0.15) is 11.3 Å². The van der Waals surface area contributed by atoms with Gasteiger partial charge < -0.3 is 16.1 Å². The lowest BCUT2D eigenvalue weighted by Crippen LogP contribution is -1.84. The lowest BCUT2D eigenvalue weighted by Gasteiger charge is -1.90. The second-order valence-corrected chi connectivity index (χ2v) is 3.00. The van der Waals surface area contributed by atoms with Gasteiger partial charge in [0.25, 0.3) is 0 Å². The van der Waals surface area contributed by atoms with Crippen molar-refractivity contribution in [1.82, 2.24) is 0 Å². The highest BCUT2D eigenvalue weighted by Crippen LogP contribution is 2.19. The summed E-state index contributed by atoms with van der Waals surface area (Å²) in [5.74, 6) is 10.7. The molecule has 1 aromatic heterocycles. The summed E-state index contributed by atoms with van der Waals surface area (Å²) in [6, 6.07) is 7.52. The third-order valence-electron chi connectivity index (χ3n) is 1.99. The molecule has 1 aromatic carbocycles. The minimum Gasteiger partial charge on any atom is -0.455 e.